The number of carbonyl (C=O) groups excluding carboxylic acids is 4. The van der Waals surface area contributed by atoms with Crippen molar-refractivity contribution < 1.29 is 37.1 Å². The third-order valence-electron chi connectivity index (χ3n) is 11.7. The number of pyridine rings is 1. The zero-order chi connectivity index (χ0) is 37.1. The second-order valence-electron chi connectivity index (χ2n) is 15.5. The lowest BCUT2D eigenvalue weighted by Crippen LogP contribution is -2.58. The lowest BCUT2D eigenvalue weighted by Gasteiger charge is -2.35. The van der Waals surface area contributed by atoms with Crippen LogP contribution in [-0.2, 0) is 35.6 Å². The Labute approximate surface area is 311 Å². The number of aryl methyl sites for hydroxylation is 1. The van der Waals surface area contributed by atoms with Crippen molar-refractivity contribution in [3.63, 3.8) is 0 Å². The molecule has 0 radical (unpaired) electrons. The first kappa shape index (κ1) is 37.1. The van der Waals surface area contributed by atoms with Crippen LogP contribution in [0.2, 0.25) is 0 Å². The molecule has 6 atom stereocenters. The number of alkyl carbamates (subject to hydrolysis) is 1. The van der Waals surface area contributed by atoms with Crippen molar-refractivity contribution in [3.05, 3.63) is 48.7 Å². The highest BCUT2D eigenvalue weighted by Gasteiger charge is 2.46. The molecule has 7 rings (SSSR count). The van der Waals surface area contributed by atoms with Crippen molar-refractivity contribution in [1.29, 1.82) is 0 Å². The van der Waals surface area contributed by atoms with Gasteiger partial charge in [-0.1, -0.05) is 37.5 Å². The number of hydrogen-bond donors (Lipinski definition) is 3. The van der Waals surface area contributed by atoms with Crippen LogP contribution < -0.4 is 20.1 Å². The molecule has 2 aromatic rings. The van der Waals surface area contributed by atoms with Crippen LogP contribution in [-0.4, -0.2) is 84.2 Å². The van der Waals surface area contributed by atoms with E-state index in [-0.39, 0.29) is 37.3 Å². The van der Waals surface area contributed by atoms with Gasteiger partial charge in [0.05, 0.1) is 11.8 Å². The molecule has 3 heterocycles. The van der Waals surface area contributed by atoms with Gasteiger partial charge in [0.15, 0.2) is 0 Å². The highest BCUT2D eigenvalue weighted by atomic mass is 32.2. The van der Waals surface area contributed by atoms with Crippen molar-refractivity contribution in [2.75, 3.05) is 6.54 Å². The summed E-state index contributed by atoms with van der Waals surface area (Å²) in [5, 5.41) is 6.84. The standard InChI is InChI=1S/C39H51N5O8S/c1-2-8-31(35(45)43-53(49,50)29-17-18-29)41-36(46)32-22-28-23-44(32)38(47)34(27-10-4-3-5-11-27)42-39(48)52-33-14-7-13-26(33)12-6-9-24-15-16-25-19-20-40-37(51-28)30(25)21-24/h2,15-16,19-21,26-29,31-34H,1,3-14,17-18,22-23H2,(H,41,46)(H,42,48)(H,43,45)/t26-,28+,31?,32-,33-,34-/m0/s1. The topological polar surface area (TPSA) is 173 Å². The highest BCUT2D eigenvalue weighted by Crippen LogP contribution is 2.35. The highest BCUT2D eigenvalue weighted by molar-refractivity contribution is 7.90. The van der Waals surface area contributed by atoms with Crippen molar-refractivity contribution >= 4 is 44.6 Å². The average Bonchev–Trinajstić information content (AvgIpc) is 3.81. The summed E-state index contributed by atoms with van der Waals surface area (Å²) in [7, 11) is -3.87. The molecule has 3 N–H and O–H groups in total. The Morgan fingerprint density at radius 2 is 1.75 bits per heavy atom. The zero-order valence-electron chi connectivity index (χ0n) is 30.2. The first-order valence-corrected chi connectivity index (χ1v) is 20.9. The van der Waals surface area contributed by atoms with Crippen molar-refractivity contribution in [1.82, 2.24) is 25.2 Å². The van der Waals surface area contributed by atoms with Crippen LogP contribution in [0.3, 0.4) is 0 Å². The molecule has 1 aromatic heterocycles. The molecule has 1 aromatic carbocycles. The van der Waals surface area contributed by atoms with E-state index in [1.54, 1.807) is 6.20 Å². The van der Waals surface area contributed by atoms with Crippen molar-refractivity contribution in [2.24, 2.45) is 11.8 Å². The molecule has 3 aliphatic carbocycles. The Bertz CT molecular complexity index is 1830. The lowest BCUT2D eigenvalue weighted by atomic mass is 9.83. The summed E-state index contributed by atoms with van der Waals surface area (Å²) in [6.45, 7) is 3.73. The number of amides is 4. The van der Waals surface area contributed by atoms with Gasteiger partial charge in [-0.3, -0.25) is 19.1 Å². The molecule has 1 saturated heterocycles. The molecular weight excluding hydrogens is 699 g/mol. The van der Waals surface area contributed by atoms with Crippen LogP contribution in [0.1, 0.15) is 95.5 Å². The monoisotopic (exact) mass is 749 g/mol. The quantitative estimate of drug-likeness (QED) is 0.330. The lowest BCUT2D eigenvalue weighted by molar-refractivity contribution is -0.142. The van der Waals surface area contributed by atoms with Gasteiger partial charge in [-0.25, -0.2) is 18.2 Å². The van der Waals surface area contributed by atoms with E-state index < -0.39 is 63.3 Å². The molecule has 3 saturated carbocycles. The summed E-state index contributed by atoms with van der Waals surface area (Å²) in [6, 6.07) is 4.92. The fraction of sp³-hybridized carbons (Fsp3) is 0.615. The van der Waals surface area contributed by atoms with Gasteiger partial charge in [-0.15, -0.1) is 6.58 Å². The minimum absolute atomic E-state index is 0.0269. The van der Waals surface area contributed by atoms with E-state index in [1.807, 2.05) is 12.1 Å². The Kier molecular flexibility index (Phi) is 11.2. The smallest absolute Gasteiger partial charge is 0.408 e. The number of sulfonamides is 1. The molecule has 286 valence electrons. The van der Waals surface area contributed by atoms with E-state index in [2.05, 4.69) is 39.1 Å². The SMILES string of the molecule is C=CCC(NC(=O)[C@@H]1C[C@@H]2CN1C(=O)[C@H](C1CCCCC1)NC(=O)O[C@H]1CCC[C@@H]1CCCc1ccc3ccnc(c3c1)O2)C(=O)NS(=O)(=O)C1CC1. The number of rotatable bonds is 8. The minimum Gasteiger partial charge on any atom is -0.472 e. The third-order valence-corrected chi connectivity index (χ3v) is 13.5. The van der Waals surface area contributed by atoms with E-state index in [4.69, 9.17) is 9.47 Å². The number of nitrogens with zero attached hydrogens (tertiary/aromatic N) is 2. The van der Waals surface area contributed by atoms with Gasteiger partial charge in [0.25, 0.3) is 5.91 Å². The summed E-state index contributed by atoms with van der Waals surface area (Å²) in [5.41, 5.74) is 1.13. The molecule has 2 aliphatic heterocycles. The van der Waals surface area contributed by atoms with Crippen molar-refractivity contribution in [3.8, 4) is 5.88 Å². The van der Waals surface area contributed by atoms with Gasteiger partial charge < -0.3 is 25.0 Å². The van der Waals surface area contributed by atoms with Crippen LogP contribution in [0.15, 0.2) is 43.1 Å². The van der Waals surface area contributed by atoms with E-state index in [9.17, 15) is 27.6 Å². The molecule has 0 spiro atoms. The summed E-state index contributed by atoms with van der Waals surface area (Å²) >= 11 is 0. The van der Waals surface area contributed by atoms with Crippen LogP contribution in [0.5, 0.6) is 5.88 Å². The van der Waals surface area contributed by atoms with Gasteiger partial charge in [0.1, 0.15) is 30.3 Å². The second-order valence-corrected chi connectivity index (χ2v) is 17.5. The molecule has 4 bridgehead atoms. The molecule has 5 aliphatic rings. The normalized spacial score (nSPS) is 27.8. The molecule has 1 unspecified atom stereocenters. The predicted molar refractivity (Wildman–Crippen MR) is 197 cm³/mol. The number of hydrogen-bond acceptors (Lipinski definition) is 9. The van der Waals surface area contributed by atoms with Crippen molar-refractivity contribution in [2.45, 2.75) is 132 Å². The molecule has 14 heteroatoms. The largest absolute Gasteiger partial charge is 0.472 e. The molecule has 4 amide bonds. The maximum absolute atomic E-state index is 14.8. The fourth-order valence-electron chi connectivity index (χ4n) is 8.69. The van der Waals surface area contributed by atoms with E-state index >= 15 is 0 Å². The van der Waals surface area contributed by atoms with Gasteiger partial charge in [-0.05, 0) is 106 Å². The first-order valence-electron chi connectivity index (χ1n) is 19.4. The summed E-state index contributed by atoms with van der Waals surface area (Å²) < 4.78 is 39.9. The predicted octanol–water partition coefficient (Wildman–Crippen LogP) is 4.43. The summed E-state index contributed by atoms with van der Waals surface area (Å²) in [6.07, 6.45) is 12.4. The van der Waals surface area contributed by atoms with Gasteiger partial charge in [-0.2, -0.15) is 0 Å². The minimum atomic E-state index is -3.87. The Morgan fingerprint density at radius 3 is 2.53 bits per heavy atom. The number of fused-ring (bicyclic) bond motifs is 4. The molecular formula is C39H51N5O8S. The first-order chi connectivity index (χ1) is 25.6. The Hall–Kier alpha value is -4.20. The van der Waals surface area contributed by atoms with Crippen LogP contribution in [0.4, 0.5) is 4.79 Å². The van der Waals surface area contributed by atoms with Gasteiger partial charge >= 0.3 is 6.09 Å². The Balaban J connectivity index is 1.21. The Morgan fingerprint density at radius 1 is 0.981 bits per heavy atom. The van der Waals surface area contributed by atoms with Crippen LogP contribution in [0.25, 0.3) is 10.8 Å². The van der Waals surface area contributed by atoms with E-state index in [0.717, 1.165) is 87.0 Å². The van der Waals surface area contributed by atoms with E-state index in [1.165, 1.54) is 11.0 Å². The molecule has 13 nitrogen and oxygen atoms in total. The number of ether oxygens (including phenoxy) is 2. The van der Waals surface area contributed by atoms with Gasteiger partial charge in [0.2, 0.25) is 27.7 Å². The van der Waals surface area contributed by atoms with E-state index in [0.29, 0.717) is 18.7 Å². The summed E-state index contributed by atoms with van der Waals surface area (Å²) in [5.74, 6) is -1.43. The molecule has 53 heavy (non-hydrogen) atoms. The summed E-state index contributed by atoms with van der Waals surface area (Å²) in [4.78, 5) is 61.8. The second kappa shape index (κ2) is 16.0. The fourth-order valence-corrected chi connectivity index (χ4v) is 10.0. The number of nitrogens with one attached hydrogen (secondary N) is 3. The average molecular weight is 750 g/mol. The third kappa shape index (κ3) is 8.63. The van der Waals surface area contributed by atoms with Gasteiger partial charge in [0, 0.05) is 18.0 Å². The maximum Gasteiger partial charge on any atom is 0.408 e. The number of benzene rings is 1. The number of aromatic nitrogens is 1. The molecule has 4 fully saturated rings. The zero-order valence-corrected chi connectivity index (χ0v) is 31.0. The number of carbonyl (C=O) groups is 4. The maximum atomic E-state index is 14.8. The van der Waals surface area contributed by atoms with Crippen LogP contribution in [0, 0.1) is 11.8 Å². The van der Waals surface area contributed by atoms with Crippen LogP contribution >= 0.6 is 0 Å².